The number of carbonyl (C=O) groups is 1. The monoisotopic (exact) mass is 279 g/mol. The van der Waals surface area contributed by atoms with Crippen molar-refractivity contribution in [3.8, 4) is 0 Å². The van der Waals surface area contributed by atoms with Gasteiger partial charge in [0.2, 0.25) is 0 Å². The maximum Gasteiger partial charge on any atom is 0.165 e. The largest absolute Gasteiger partial charge is 0.381 e. The Labute approximate surface area is 120 Å². The fourth-order valence-electron chi connectivity index (χ4n) is 6.27. The van der Waals surface area contributed by atoms with Gasteiger partial charge >= 0.3 is 0 Å². The Morgan fingerprint density at radius 2 is 1.90 bits per heavy atom. The number of Topliss-reactive ketones (excluding diaryl/α,β-unsaturated/α-hetero) is 1. The van der Waals surface area contributed by atoms with E-state index in [1.54, 1.807) is 0 Å². The van der Waals surface area contributed by atoms with E-state index in [-0.39, 0.29) is 11.7 Å². The van der Waals surface area contributed by atoms with Gasteiger partial charge in [-0.1, -0.05) is 6.92 Å². The fourth-order valence-corrected chi connectivity index (χ4v) is 6.27. The molecule has 0 aromatic heterocycles. The highest BCUT2D eigenvalue weighted by atomic mass is 16.3. The molecule has 0 amide bonds. The van der Waals surface area contributed by atoms with Crippen molar-refractivity contribution in [3.63, 3.8) is 0 Å². The van der Waals surface area contributed by atoms with E-state index in [0.717, 1.165) is 38.8 Å². The third-order valence-electron chi connectivity index (χ3n) is 6.85. The van der Waals surface area contributed by atoms with Crippen LogP contribution in [0, 0.1) is 17.3 Å². The zero-order chi connectivity index (χ0) is 14.2. The Kier molecular flexibility index (Phi) is 2.54. The van der Waals surface area contributed by atoms with Crippen LogP contribution in [0.5, 0.6) is 0 Å². The van der Waals surface area contributed by atoms with Crippen LogP contribution in [0.1, 0.15) is 51.9 Å². The smallest absolute Gasteiger partial charge is 0.165 e. The molecule has 0 radical (unpaired) electrons. The van der Waals surface area contributed by atoms with Crippen molar-refractivity contribution >= 4 is 5.78 Å². The van der Waals surface area contributed by atoms with Gasteiger partial charge in [-0.2, -0.15) is 0 Å². The molecule has 2 bridgehead atoms. The first-order chi connectivity index (χ1) is 9.44. The van der Waals surface area contributed by atoms with Gasteiger partial charge in [-0.25, -0.2) is 0 Å². The molecule has 4 unspecified atom stereocenters. The van der Waals surface area contributed by atoms with Crippen molar-refractivity contribution in [3.05, 3.63) is 0 Å². The Morgan fingerprint density at radius 1 is 1.20 bits per heavy atom. The van der Waals surface area contributed by atoms with Gasteiger partial charge in [-0.05, 0) is 50.4 Å². The van der Waals surface area contributed by atoms with Gasteiger partial charge in [0.15, 0.2) is 5.78 Å². The van der Waals surface area contributed by atoms with Gasteiger partial charge in [-0.15, -0.1) is 0 Å². The van der Waals surface area contributed by atoms with Crippen LogP contribution < -0.4 is 0 Å². The lowest BCUT2D eigenvalue weighted by Crippen LogP contribution is -2.72. The van der Waals surface area contributed by atoms with Crippen LogP contribution in [-0.4, -0.2) is 45.3 Å². The molecule has 4 aliphatic rings. The number of hydrogen-bond donors (Lipinski definition) is 2. The normalized spacial score (nSPS) is 58.1. The summed E-state index contributed by atoms with van der Waals surface area (Å²) in [6.45, 7) is 3.89. The van der Waals surface area contributed by atoms with Crippen LogP contribution in [0.25, 0.3) is 0 Å². The molecule has 4 nitrogen and oxygen atoms in total. The summed E-state index contributed by atoms with van der Waals surface area (Å²) >= 11 is 0. The first kappa shape index (κ1) is 13.2. The van der Waals surface area contributed by atoms with Crippen LogP contribution in [0.3, 0.4) is 0 Å². The highest BCUT2D eigenvalue weighted by Crippen LogP contribution is 2.67. The molecule has 2 aliphatic carbocycles. The van der Waals surface area contributed by atoms with Gasteiger partial charge < -0.3 is 10.2 Å². The van der Waals surface area contributed by atoms with Gasteiger partial charge in [0, 0.05) is 19.5 Å². The zero-order valence-corrected chi connectivity index (χ0v) is 12.3. The van der Waals surface area contributed by atoms with E-state index in [9.17, 15) is 15.0 Å². The molecular formula is C16H25NO3. The maximum atomic E-state index is 12.6. The van der Waals surface area contributed by atoms with Crippen molar-refractivity contribution in [1.82, 2.24) is 4.90 Å². The highest BCUT2D eigenvalue weighted by Gasteiger charge is 2.76. The van der Waals surface area contributed by atoms with E-state index in [2.05, 4.69) is 11.8 Å². The number of carbonyl (C=O) groups excluding carboxylic acids is 1. The topological polar surface area (TPSA) is 60.8 Å². The third-order valence-corrected chi connectivity index (χ3v) is 6.85. The zero-order valence-electron chi connectivity index (χ0n) is 12.3. The summed E-state index contributed by atoms with van der Waals surface area (Å²) in [6, 6.07) is 0. The highest BCUT2D eigenvalue weighted by molar-refractivity contribution is 5.91. The molecule has 2 saturated heterocycles. The number of piperidine rings is 1. The van der Waals surface area contributed by atoms with Crippen LogP contribution in [0.2, 0.25) is 0 Å². The summed E-state index contributed by atoms with van der Waals surface area (Å²) in [6.07, 6.45) is 5.30. The summed E-state index contributed by atoms with van der Waals surface area (Å²) in [5.41, 5.74) is -2.84. The molecule has 2 N–H and O–H groups in total. The van der Waals surface area contributed by atoms with Gasteiger partial charge in [-0.3, -0.25) is 9.69 Å². The molecule has 6 atom stereocenters. The molecule has 0 aromatic rings. The molecule has 2 saturated carbocycles. The average molecular weight is 279 g/mol. The van der Waals surface area contributed by atoms with Crippen LogP contribution in [0.15, 0.2) is 0 Å². The van der Waals surface area contributed by atoms with Crippen molar-refractivity contribution < 1.29 is 15.0 Å². The van der Waals surface area contributed by atoms with Crippen molar-refractivity contribution in [2.45, 2.75) is 63.2 Å². The molecule has 112 valence electrons. The SMILES string of the molecule is CC1C[C@H]2CC(=O)[C@@]3(O)CCCN4CCCC23C4(O)C1. The van der Waals surface area contributed by atoms with Crippen molar-refractivity contribution in [1.29, 1.82) is 0 Å². The quantitative estimate of drug-likeness (QED) is 0.702. The molecule has 4 rings (SSSR count). The first-order valence-corrected chi connectivity index (χ1v) is 8.17. The molecule has 2 aliphatic heterocycles. The molecule has 0 aromatic carbocycles. The van der Waals surface area contributed by atoms with Crippen LogP contribution >= 0.6 is 0 Å². The van der Waals surface area contributed by atoms with E-state index >= 15 is 0 Å². The van der Waals surface area contributed by atoms with E-state index in [4.69, 9.17) is 0 Å². The second-order valence-corrected chi connectivity index (χ2v) is 7.71. The van der Waals surface area contributed by atoms with E-state index < -0.39 is 16.7 Å². The number of ketones is 1. The lowest BCUT2D eigenvalue weighted by molar-refractivity contribution is -0.292. The number of aliphatic hydroxyl groups is 2. The standard InChI is InChI=1S/C16H25NO3/c1-11-8-12-9-13(18)15(19)5-3-7-17-6-2-4-14(12,15)16(17,20)10-11/h11-12,19-20H,2-10H2,1H3/t11?,12-,14?,15-,16?/m0/s1. The molecule has 1 spiro atoms. The lowest BCUT2D eigenvalue weighted by atomic mass is 9.51. The minimum atomic E-state index is -1.28. The second kappa shape index (κ2) is 3.84. The summed E-state index contributed by atoms with van der Waals surface area (Å²) in [4.78, 5) is 14.8. The summed E-state index contributed by atoms with van der Waals surface area (Å²) in [5, 5.41) is 22.9. The summed E-state index contributed by atoms with van der Waals surface area (Å²) in [7, 11) is 0. The van der Waals surface area contributed by atoms with Gasteiger partial charge in [0.25, 0.3) is 0 Å². The Hall–Kier alpha value is -0.450. The Balaban J connectivity index is 1.95. The predicted molar refractivity (Wildman–Crippen MR) is 73.9 cm³/mol. The summed E-state index contributed by atoms with van der Waals surface area (Å²) in [5.74, 6) is 0.584. The Bertz CT molecular complexity index is 467. The second-order valence-electron chi connectivity index (χ2n) is 7.71. The molecule has 4 heteroatoms. The number of hydrogen-bond acceptors (Lipinski definition) is 4. The van der Waals surface area contributed by atoms with Crippen LogP contribution in [0.4, 0.5) is 0 Å². The Morgan fingerprint density at radius 3 is 2.65 bits per heavy atom. The fraction of sp³-hybridized carbons (Fsp3) is 0.938. The average Bonchev–Trinajstić information content (AvgIpc) is 2.56. The predicted octanol–water partition coefficient (Wildman–Crippen LogP) is 1.30. The molecule has 4 fully saturated rings. The maximum absolute atomic E-state index is 12.6. The molecule has 2 heterocycles. The van der Waals surface area contributed by atoms with E-state index in [1.165, 1.54) is 0 Å². The van der Waals surface area contributed by atoms with E-state index in [0.29, 0.717) is 25.2 Å². The number of nitrogens with zero attached hydrogens (tertiary/aromatic N) is 1. The molecule has 20 heavy (non-hydrogen) atoms. The molecular weight excluding hydrogens is 254 g/mol. The van der Waals surface area contributed by atoms with Gasteiger partial charge in [0.05, 0.1) is 5.41 Å². The van der Waals surface area contributed by atoms with E-state index in [1.807, 2.05) is 0 Å². The van der Waals surface area contributed by atoms with Gasteiger partial charge in [0.1, 0.15) is 11.3 Å². The lowest BCUT2D eigenvalue weighted by Gasteiger charge is -2.63. The first-order valence-electron chi connectivity index (χ1n) is 8.17. The third kappa shape index (κ3) is 1.23. The van der Waals surface area contributed by atoms with Crippen LogP contribution in [-0.2, 0) is 4.79 Å². The minimum absolute atomic E-state index is 0.00113. The van der Waals surface area contributed by atoms with Crippen molar-refractivity contribution in [2.24, 2.45) is 17.3 Å². The van der Waals surface area contributed by atoms with Crippen molar-refractivity contribution in [2.75, 3.05) is 13.1 Å². The minimum Gasteiger partial charge on any atom is -0.381 e. The number of rotatable bonds is 0. The summed E-state index contributed by atoms with van der Waals surface area (Å²) < 4.78 is 0.